The monoisotopic (exact) mass is 275 g/mol. The maximum atomic E-state index is 12.4. The summed E-state index contributed by atoms with van der Waals surface area (Å²) in [6.45, 7) is 2.80. The Morgan fingerprint density at radius 2 is 2.00 bits per heavy atom. The number of hydrogen-bond acceptors (Lipinski definition) is 2. The summed E-state index contributed by atoms with van der Waals surface area (Å²) >= 11 is 0. The van der Waals surface area contributed by atoms with Crippen molar-refractivity contribution in [3.8, 4) is 5.75 Å². The number of nitrogens with one attached hydrogen (secondary N) is 1. The van der Waals surface area contributed by atoms with Gasteiger partial charge in [-0.05, 0) is 31.4 Å². The van der Waals surface area contributed by atoms with E-state index in [1.54, 1.807) is 0 Å². The van der Waals surface area contributed by atoms with Crippen LogP contribution in [0.15, 0.2) is 24.3 Å². The number of ether oxygens (including phenoxy) is 1. The Balaban J connectivity index is 1.97. The average Bonchev–Trinajstić information content (AvgIpc) is 2.49. The molecule has 0 saturated heterocycles. The van der Waals surface area contributed by atoms with Gasteiger partial charge in [0, 0.05) is 6.04 Å². The first-order valence-electron chi connectivity index (χ1n) is 7.84. The Morgan fingerprint density at radius 1 is 1.25 bits per heavy atom. The normalized spacial score (nSPS) is 15.8. The predicted octanol–water partition coefficient (Wildman–Crippen LogP) is 3.93. The van der Waals surface area contributed by atoms with Gasteiger partial charge < -0.3 is 10.1 Å². The van der Waals surface area contributed by atoms with Crippen molar-refractivity contribution in [3.63, 3.8) is 0 Å². The van der Waals surface area contributed by atoms with Crippen LogP contribution in [0.3, 0.4) is 0 Å². The van der Waals surface area contributed by atoms with E-state index in [0.717, 1.165) is 25.7 Å². The highest BCUT2D eigenvalue weighted by Crippen LogP contribution is 2.21. The van der Waals surface area contributed by atoms with E-state index >= 15 is 0 Å². The van der Waals surface area contributed by atoms with E-state index in [9.17, 15) is 4.79 Å². The van der Waals surface area contributed by atoms with E-state index in [1.165, 1.54) is 19.3 Å². The quantitative estimate of drug-likeness (QED) is 0.799. The van der Waals surface area contributed by atoms with Gasteiger partial charge >= 0.3 is 0 Å². The molecule has 110 valence electrons. The lowest BCUT2D eigenvalue weighted by molar-refractivity contribution is 0.0923. The first-order valence-corrected chi connectivity index (χ1v) is 7.84. The molecular weight excluding hydrogens is 250 g/mol. The van der Waals surface area contributed by atoms with Crippen molar-refractivity contribution in [2.45, 2.75) is 57.9 Å². The molecule has 1 aromatic carbocycles. The number of para-hydroxylation sites is 1. The van der Waals surface area contributed by atoms with Crippen LogP contribution < -0.4 is 10.1 Å². The van der Waals surface area contributed by atoms with Gasteiger partial charge in [0.15, 0.2) is 0 Å². The highest BCUT2D eigenvalue weighted by molar-refractivity contribution is 5.97. The molecule has 3 heteroatoms. The highest BCUT2D eigenvalue weighted by atomic mass is 16.5. The van der Waals surface area contributed by atoms with Crippen molar-refractivity contribution in [1.82, 2.24) is 5.32 Å². The molecule has 1 fully saturated rings. The van der Waals surface area contributed by atoms with Gasteiger partial charge in [0.1, 0.15) is 5.75 Å². The van der Waals surface area contributed by atoms with Crippen LogP contribution in [0.25, 0.3) is 0 Å². The Labute approximate surface area is 121 Å². The molecule has 0 unspecified atom stereocenters. The SMILES string of the molecule is CCCCOc1ccccc1C(=O)NC1CCCCC1. The third-order valence-electron chi connectivity index (χ3n) is 3.83. The average molecular weight is 275 g/mol. The molecule has 2 rings (SSSR count). The molecule has 3 nitrogen and oxygen atoms in total. The molecular formula is C17H25NO2. The molecule has 1 N–H and O–H groups in total. The number of benzene rings is 1. The smallest absolute Gasteiger partial charge is 0.255 e. The van der Waals surface area contributed by atoms with Gasteiger partial charge in [0.2, 0.25) is 0 Å². The van der Waals surface area contributed by atoms with Gasteiger partial charge in [0.05, 0.1) is 12.2 Å². The van der Waals surface area contributed by atoms with Gasteiger partial charge in [-0.2, -0.15) is 0 Å². The zero-order valence-corrected chi connectivity index (χ0v) is 12.4. The molecule has 1 aromatic rings. The number of carbonyl (C=O) groups excluding carboxylic acids is 1. The van der Waals surface area contributed by atoms with Crippen LogP contribution >= 0.6 is 0 Å². The minimum absolute atomic E-state index is 0.00370. The van der Waals surface area contributed by atoms with Gasteiger partial charge in [-0.3, -0.25) is 4.79 Å². The second kappa shape index (κ2) is 7.93. The number of amides is 1. The number of carbonyl (C=O) groups is 1. The lowest BCUT2D eigenvalue weighted by Gasteiger charge is -2.23. The summed E-state index contributed by atoms with van der Waals surface area (Å²) in [5.41, 5.74) is 0.661. The van der Waals surface area contributed by atoms with Crippen LogP contribution in [0.4, 0.5) is 0 Å². The second-order valence-corrected chi connectivity index (χ2v) is 5.51. The summed E-state index contributed by atoms with van der Waals surface area (Å²) < 4.78 is 5.73. The van der Waals surface area contributed by atoms with E-state index in [4.69, 9.17) is 4.74 Å². The van der Waals surface area contributed by atoms with Crippen molar-refractivity contribution in [2.24, 2.45) is 0 Å². The molecule has 1 saturated carbocycles. The fraction of sp³-hybridized carbons (Fsp3) is 0.588. The zero-order chi connectivity index (χ0) is 14.2. The molecule has 0 spiro atoms. The van der Waals surface area contributed by atoms with Crippen molar-refractivity contribution < 1.29 is 9.53 Å². The van der Waals surface area contributed by atoms with Crippen LogP contribution in [-0.4, -0.2) is 18.6 Å². The van der Waals surface area contributed by atoms with Gasteiger partial charge in [-0.25, -0.2) is 0 Å². The summed E-state index contributed by atoms with van der Waals surface area (Å²) in [7, 11) is 0. The molecule has 1 aliphatic carbocycles. The minimum Gasteiger partial charge on any atom is -0.493 e. The molecule has 0 bridgehead atoms. The van der Waals surface area contributed by atoms with Crippen LogP contribution in [0, 0.1) is 0 Å². The largest absolute Gasteiger partial charge is 0.493 e. The molecule has 1 amide bonds. The fourth-order valence-electron chi connectivity index (χ4n) is 2.62. The Hall–Kier alpha value is -1.51. The second-order valence-electron chi connectivity index (χ2n) is 5.51. The van der Waals surface area contributed by atoms with Gasteiger partial charge in [-0.1, -0.05) is 44.7 Å². The molecule has 1 aliphatic rings. The first-order chi connectivity index (χ1) is 9.81. The summed E-state index contributed by atoms with van der Waals surface area (Å²) in [6.07, 6.45) is 8.05. The van der Waals surface area contributed by atoms with E-state index < -0.39 is 0 Å². The van der Waals surface area contributed by atoms with E-state index in [2.05, 4.69) is 12.2 Å². The van der Waals surface area contributed by atoms with E-state index in [-0.39, 0.29) is 5.91 Å². The van der Waals surface area contributed by atoms with Gasteiger partial charge in [-0.15, -0.1) is 0 Å². The molecule has 0 heterocycles. The van der Waals surface area contributed by atoms with Crippen molar-refractivity contribution in [1.29, 1.82) is 0 Å². The molecule has 0 aliphatic heterocycles. The van der Waals surface area contributed by atoms with Gasteiger partial charge in [0.25, 0.3) is 5.91 Å². The van der Waals surface area contributed by atoms with Crippen molar-refractivity contribution in [2.75, 3.05) is 6.61 Å². The summed E-state index contributed by atoms with van der Waals surface area (Å²) in [4.78, 5) is 12.4. The Morgan fingerprint density at radius 3 is 2.75 bits per heavy atom. The third kappa shape index (κ3) is 4.26. The summed E-state index contributed by atoms with van der Waals surface area (Å²) in [5, 5.41) is 3.15. The van der Waals surface area contributed by atoms with Crippen LogP contribution in [0.5, 0.6) is 5.75 Å². The van der Waals surface area contributed by atoms with E-state index in [0.29, 0.717) is 24.0 Å². The summed E-state index contributed by atoms with van der Waals surface area (Å²) in [6, 6.07) is 7.87. The minimum atomic E-state index is 0.00370. The van der Waals surface area contributed by atoms with Crippen LogP contribution in [0.2, 0.25) is 0 Å². The summed E-state index contributed by atoms with van der Waals surface area (Å²) in [5.74, 6) is 0.707. The number of rotatable bonds is 6. The first kappa shape index (κ1) is 14.9. The third-order valence-corrected chi connectivity index (χ3v) is 3.83. The fourth-order valence-corrected chi connectivity index (χ4v) is 2.62. The molecule has 0 atom stereocenters. The standard InChI is InChI=1S/C17H25NO2/c1-2-3-13-20-16-12-8-7-11-15(16)17(19)18-14-9-5-4-6-10-14/h7-8,11-12,14H,2-6,9-10,13H2,1H3,(H,18,19). The van der Waals surface area contributed by atoms with Crippen molar-refractivity contribution >= 4 is 5.91 Å². The number of unbranched alkanes of at least 4 members (excludes halogenated alkanes) is 1. The lowest BCUT2D eigenvalue weighted by atomic mass is 9.95. The van der Waals surface area contributed by atoms with E-state index in [1.807, 2.05) is 24.3 Å². The highest BCUT2D eigenvalue weighted by Gasteiger charge is 2.18. The Kier molecular flexibility index (Phi) is 5.90. The van der Waals surface area contributed by atoms with Crippen LogP contribution in [-0.2, 0) is 0 Å². The zero-order valence-electron chi connectivity index (χ0n) is 12.4. The maximum Gasteiger partial charge on any atom is 0.255 e. The maximum absolute atomic E-state index is 12.4. The Bertz CT molecular complexity index is 425. The predicted molar refractivity (Wildman–Crippen MR) is 81.2 cm³/mol. The molecule has 20 heavy (non-hydrogen) atoms. The number of hydrogen-bond donors (Lipinski definition) is 1. The van der Waals surface area contributed by atoms with Crippen molar-refractivity contribution in [3.05, 3.63) is 29.8 Å². The topological polar surface area (TPSA) is 38.3 Å². The molecule has 0 aromatic heterocycles. The van der Waals surface area contributed by atoms with Crippen LogP contribution in [0.1, 0.15) is 62.2 Å². The lowest BCUT2D eigenvalue weighted by Crippen LogP contribution is -2.36. The molecule has 0 radical (unpaired) electrons.